The summed E-state index contributed by atoms with van der Waals surface area (Å²) < 4.78 is 0. The summed E-state index contributed by atoms with van der Waals surface area (Å²) in [5.41, 5.74) is 6.05. The Morgan fingerprint density at radius 1 is 1.17 bits per heavy atom. The first-order chi connectivity index (χ1) is 8.75. The Balaban J connectivity index is 1.69. The highest BCUT2D eigenvalue weighted by atomic mass is 32.2. The van der Waals surface area contributed by atoms with E-state index in [4.69, 9.17) is 5.73 Å². The van der Waals surface area contributed by atoms with Crippen LogP contribution in [0.3, 0.4) is 0 Å². The maximum Gasteiger partial charge on any atom is 0.237 e. The Bertz CT molecular complexity index is 261. The second kappa shape index (κ2) is 7.39. The van der Waals surface area contributed by atoms with Crippen molar-refractivity contribution in [3.05, 3.63) is 0 Å². The molecule has 0 aromatic heterocycles. The molecular weight excluding hydrogens is 244 g/mol. The highest BCUT2D eigenvalue weighted by Crippen LogP contribution is 2.27. The van der Waals surface area contributed by atoms with Gasteiger partial charge >= 0.3 is 0 Å². The number of hydrogen-bond acceptors (Lipinski definition) is 3. The third-order valence-electron chi connectivity index (χ3n) is 4.22. The minimum atomic E-state index is -0.289. The molecule has 1 amide bonds. The monoisotopic (exact) mass is 270 g/mol. The molecule has 0 bridgehead atoms. The number of carbonyl (C=O) groups is 1. The summed E-state index contributed by atoms with van der Waals surface area (Å²) in [6.07, 6.45) is 9.61. The van der Waals surface area contributed by atoms with Crippen LogP contribution in [-0.2, 0) is 4.79 Å². The molecule has 4 heteroatoms. The van der Waals surface area contributed by atoms with Crippen LogP contribution in [0.2, 0.25) is 0 Å². The summed E-state index contributed by atoms with van der Waals surface area (Å²) in [7, 11) is 0. The second-order valence-electron chi connectivity index (χ2n) is 5.74. The molecule has 0 aromatic rings. The summed E-state index contributed by atoms with van der Waals surface area (Å²) in [5, 5.41) is 3.13. The summed E-state index contributed by atoms with van der Waals surface area (Å²) in [5.74, 6) is 3.10. The van der Waals surface area contributed by atoms with Crippen LogP contribution < -0.4 is 11.1 Å². The molecular formula is C14H26N2OS. The molecule has 0 radical (unpaired) electrons. The van der Waals surface area contributed by atoms with Gasteiger partial charge in [-0.25, -0.2) is 0 Å². The Labute approximate surface area is 115 Å². The van der Waals surface area contributed by atoms with Crippen molar-refractivity contribution in [3.63, 3.8) is 0 Å². The van der Waals surface area contributed by atoms with Crippen molar-refractivity contribution in [2.24, 2.45) is 11.7 Å². The quantitative estimate of drug-likeness (QED) is 0.824. The maximum absolute atomic E-state index is 12.0. The zero-order valence-corrected chi connectivity index (χ0v) is 12.0. The molecule has 18 heavy (non-hydrogen) atoms. The predicted molar refractivity (Wildman–Crippen MR) is 77.7 cm³/mol. The summed E-state index contributed by atoms with van der Waals surface area (Å²) >= 11 is 1.98. The lowest BCUT2D eigenvalue weighted by Crippen LogP contribution is -2.47. The van der Waals surface area contributed by atoms with Crippen LogP contribution in [0.5, 0.6) is 0 Å². The van der Waals surface area contributed by atoms with Crippen molar-refractivity contribution in [2.75, 3.05) is 11.5 Å². The van der Waals surface area contributed by atoms with Crippen LogP contribution in [0.15, 0.2) is 0 Å². The number of thioether (sulfide) groups is 1. The lowest BCUT2D eigenvalue weighted by Gasteiger charge is -2.27. The predicted octanol–water partition coefficient (Wildman–Crippen LogP) is 2.30. The van der Waals surface area contributed by atoms with Crippen molar-refractivity contribution in [2.45, 2.75) is 63.5 Å². The first-order valence-electron chi connectivity index (χ1n) is 7.39. The molecule has 1 saturated carbocycles. The van der Waals surface area contributed by atoms with Crippen molar-refractivity contribution in [1.82, 2.24) is 5.32 Å². The van der Waals surface area contributed by atoms with Gasteiger partial charge in [0.15, 0.2) is 0 Å². The van der Waals surface area contributed by atoms with Crippen LogP contribution in [0.25, 0.3) is 0 Å². The standard InChI is InChI=1S/C14H26N2OS/c15-13(10-11-4-2-1-3-5-11)14(17)16-12-6-8-18-9-7-12/h11-13H,1-10,15H2,(H,16,17). The molecule has 1 saturated heterocycles. The molecule has 2 aliphatic rings. The largest absolute Gasteiger partial charge is 0.352 e. The van der Waals surface area contributed by atoms with Crippen LogP contribution >= 0.6 is 11.8 Å². The van der Waals surface area contributed by atoms with Crippen molar-refractivity contribution in [1.29, 1.82) is 0 Å². The van der Waals surface area contributed by atoms with E-state index in [0.29, 0.717) is 12.0 Å². The van der Waals surface area contributed by atoms with E-state index in [1.54, 1.807) is 0 Å². The van der Waals surface area contributed by atoms with E-state index in [-0.39, 0.29) is 11.9 Å². The van der Waals surface area contributed by atoms with Crippen molar-refractivity contribution >= 4 is 17.7 Å². The number of nitrogens with one attached hydrogen (secondary N) is 1. The molecule has 3 nitrogen and oxygen atoms in total. The van der Waals surface area contributed by atoms with E-state index in [1.807, 2.05) is 11.8 Å². The fraction of sp³-hybridized carbons (Fsp3) is 0.929. The van der Waals surface area contributed by atoms with E-state index >= 15 is 0 Å². The number of amides is 1. The molecule has 1 atom stereocenters. The highest BCUT2D eigenvalue weighted by Gasteiger charge is 2.23. The van der Waals surface area contributed by atoms with Crippen molar-refractivity contribution < 1.29 is 4.79 Å². The maximum atomic E-state index is 12.0. The van der Waals surface area contributed by atoms with Crippen LogP contribution in [0, 0.1) is 5.92 Å². The van der Waals surface area contributed by atoms with Gasteiger partial charge in [0.1, 0.15) is 0 Å². The minimum Gasteiger partial charge on any atom is -0.352 e. The number of rotatable bonds is 4. The van der Waals surface area contributed by atoms with Crippen molar-refractivity contribution in [3.8, 4) is 0 Å². The Morgan fingerprint density at radius 3 is 2.50 bits per heavy atom. The first kappa shape index (κ1) is 14.2. The molecule has 0 aromatic carbocycles. The van der Waals surface area contributed by atoms with Gasteiger partial charge in [-0.2, -0.15) is 11.8 Å². The molecule has 1 heterocycles. The number of nitrogens with two attached hydrogens (primary N) is 1. The third-order valence-corrected chi connectivity index (χ3v) is 5.27. The molecule has 0 spiro atoms. The molecule has 1 aliphatic carbocycles. The van der Waals surface area contributed by atoms with Gasteiger partial charge in [-0.3, -0.25) is 4.79 Å². The molecule has 1 aliphatic heterocycles. The number of hydrogen-bond donors (Lipinski definition) is 2. The van der Waals surface area contributed by atoms with E-state index in [9.17, 15) is 4.79 Å². The summed E-state index contributed by atoms with van der Waals surface area (Å²) in [6, 6.07) is 0.0823. The zero-order chi connectivity index (χ0) is 12.8. The average molecular weight is 270 g/mol. The van der Waals surface area contributed by atoms with Gasteiger partial charge in [0.05, 0.1) is 6.04 Å². The van der Waals surface area contributed by atoms with Gasteiger partial charge in [0.2, 0.25) is 5.91 Å². The molecule has 104 valence electrons. The molecule has 2 rings (SSSR count). The Hall–Kier alpha value is -0.220. The van der Waals surface area contributed by atoms with Crippen LogP contribution in [-0.4, -0.2) is 29.5 Å². The van der Waals surface area contributed by atoms with E-state index in [0.717, 1.165) is 19.3 Å². The lowest BCUT2D eigenvalue weighted by molar-refractivity contribution is -0.123. The Morgan fingerprint density at radius 2 is 1.83 bits per heavy atom. The summed E-state index contributed by atoms with van der Waals surface area (Å²) in [6.45, 7) is 0. The van der Waals surface area contributed by atoms with E-state index in [2.05, 4.69) is 5.32 Å². The van der Waals surface area contributed by atoms with E-state index < -0.39 is 0 Å². The number of carbonyl (C=O) groups excluding carboxylic acids is 1. The topological polar surface area (TPSA) is 55.1 Å². The smallest absolute Gasteiger partial charge is 0.237 e. The SMILES string of the molecule is NC(CC1CCCCC1)C(=O)NC1CCSCC1. The fourth-order valence-electron chi connectivity index (χ4n) is 3.04. The first-order valence-corrected chi connectivity index (χ1v) is 8.55. The van der Waals surface area contributed by atoms with Gasteiger partial charge in [0.25, 0.3) is 0 Å². The van der Waals surface area contributed by atoms with Gasteiger partial charge < -0.3 is 11.1 Å². The van der Waals surface area contributed by atoms with E-state index in [1.165, 1.54) is 43.6 Å². The minimum absolute atomic E-state index is 0.0810. The molecule has 2 fully saturated rings. The van der Waals surface area contributed by atoms with Gasteiger partial charge in [-0.1, -0.05) is 32.1 Å². The van der Waals surface area contributed by atoms with Crippen LogP contribution in [0.4, 0.5) is 0 Å². The summed E-state index contributed by atoms with van der Waals surface area (Å²) in [4.78, 5) is 12.0. The lowest BCUT2D eigenvalue weighted by atomic mass is 9.85. The zero-order valence-electron chi connectivity index (χ0n) is 11.2. The Kier molecular flexibility index (Phi) is 5.83. The van der Waals surface area contributed by atoms with Gasteiger partial charge in [-0.05, 0) is 36.7 Å². The van der Waals surface area contributed by atoms with Gasteiger partial charge in [0, 0.05) is 6.04 Å². The fourth-order valence-corrected chi connectivity index (χ4v) is 4.15. The average Bonchev–Trinajstić information content (AvgIpc) is 2.41. The van der Waals surface area contributed by atoms with Gasteiger partial charge in [-0.15, -0.1) is 0 Å². The normalized spacial score (nSPS) is 24.7. The highest BCUT2D eigenvalue weighted by molar-refractivity contribution is 7.99. The molecule has 3 N–H and O–H groups in total. The molecule has 1 unspecified atom stereocenters. The second-order valence-corrected chi connectivity index (χ2v) is 6.97. The third kappa shape index (κ3) is 4.47. The van der Waals surface area contributed by atoms with Crippen LogP contribution in [0.1, 0.15) is 51.4 Å².